The minimum atomic E-state index is -0.220. The topological polar surface area (TPSA) is 90.3 Å². The number of nitrogens with one attached hydrogen (secondary N) is 1. The van der Waals surface area contributed by atoms with Gasteiger partial charge in [-0.1, -0.05) is 0 Å². The molecular formula is C7H8N2O2. The first-order valence-electron chi connectivity index (χ1n) is 2.97. The predicted molar refractivity (Wildman–Crippen MR) is 40.8 cm³/mol. The molecule has 5 N–H and O–H groups in total. The van der Waals surface area contributed by atoms with E-state index in [0.717, 1.165) is 6.07 Å². The molecule has 11 heavy (non-hydrogen) atoms. The van der Waals surface area contributed by atoms with Crippen LogP contribution in [0.3, 0.4) is 0 Å². The molecule has 0 heterocycles. The van der Waals surface area contributed by atoms with Gasteiger partial charge in [-0.25, -0.2) is 0 Å². The van der Waals surface area contributed by atoms with Crippen LogP contribution in [-0.2, 0) is 0 Å². The fourth-order valence-corrected chi connectivity index (χ4v) is 0.748. The fraction of sp³-hybridized carbons (Fsp3) is 0. The molecule has 4 heteroatoms. The number of phenolic OH excluding ortho intramolecular Hbond substituents is 2. The molecule has 0 fully saturated rings. The van der Waals surface area contributed by atoms with Gasteiger partial charge in [-0.2, -0.15) is 0 Å². The first kappa shape index (κ1) is 7.40. The Balaban J connectivity index is 3.20. The zero-order chi connectivity index (χ0) is 8.43. The van der Waals surface area contributed by atoms with Gasteiger partial charge in [0, 0.05) is 6.07 Å². The third kappa shape index (κ3) is 1.40. The van der Waals surface area contributed by atoms with Gasteiger partial charge in [0.1, 0.15) is 17.3 Å². The average Bonchev–Trinajstić information content (AvgIpc) is 1.85. The summed E-state index contributed by atoms with van der Waals surface area (Å²) in [5, 5.41) is 24.9. The first-order chi connectivity index (χ1) is 5.11. The number of phenols is 2. The Morgan fingerprint density at radius 2 is 2.00 bits per heavy atom. The van der Waals surface area contributed by atoms with Crippen LogP contribution in [0.5, 0.6) is 11.5 Å². The summed E-state index contributed by atoms with van der Waals surface area (Å²) >= 11 is 0. The van der Waals surface area contributed by atoms with E-state index in [1.54, 1.807) is 0 Å². The Morgan fingerprint density at radius 3 is 2.45 bits per heavy atom. The van der Waals surface area contributed by atoms with Crippen LogP contribution in [0.4, 0.5) is 0 Å². The van der Waals surface area contributed by atoms with Gasteiger partial charge in [0.2, 0.25) is 0 Å². The highest BCUT2D eigenvalue weighted by atomic mass is 16.3. The third-order valence-electron chi connectivity index (χ3n) is 1.27. The highest BCUT2D eigenvalue weighted by Gasteiger charge is 2.03. The van der Waals surface area contributed by atoms with Crippen LogP contribution in [0.25, 0.3) is 0 Å². The van der Waals surface area contributed by atoms with Gasteiger partial charge < -0.3 is 15.9 Å². The lowest BCUT2D eigenvalue weighted by molar-refractivity contribution is 0.450. The highest BCUT2D eigenvalue weighted by Crippen LogP contribution is 2.21. The van der Waals surface area contributed by atoms with Crippen molar-refractivity contribution in [3.63, 3.8) is 0 Å². The highest BCUT2D eigenvalue weighted by molar-refractivity contribution is 5.97. The molecule has 4 nitrogen and oxygen atoms in total. The molecule has 0 aromatic heterocycles. The van der Waals surface area contributed by atoms with Crippen LogP contribution in [0, 0.1) is 5.41 Å². The minimum Gasteiger partial charge on any atom is -0.508 e. The molecule has 0 bridgehead atoms. The van der Waals surface area contributed by atoms with Crippen LogP contribution in [0.1, 0.15) is 5.56 Å². The number of nitrogens with two attached hydrogens (primary N) is 1. The normalized spacial score (nSPS) is 9.45. The van der Waals surface area contributed by atoms with Gasteiger partial charge in [0.05, 0.1) is 5.56 Å². The second-order valence-corrected chi connectivity index (χ2v) is 2.12. The van der Waals surface area contributed by atoms with Crippen molar-refractivity contribution in [1.82, 2.24) is 0 Å². The SMILES string of the molecule is N=C(N)c1ccc(O)cc1O. The molecule has 0 aliphatic rings. The van der Waals surface area contributed by atoms with Crippen LogP contribution >= 0.6 is 0 Å². The second kappa shape index (κ2) is 2.49. The van der Waals surface area contributed by atoms with Crippen LogP contribution < -0.4 is 5.73 Å². The Hall–Kier alpha value is -1.71. The van der Waals surface area contributed by atoms with Crippen molar-refractivity contribution in [3.8, 4) is 11.5 Å². The Morgan fingerprint density at radius 1 is 1.36 bits per heavy atom. The van der Waals surface area contributed by atoms with Crippen molar-refractivity contribution in [3.05, 3.63) is 23.8 Å². The summed E-state index contributed by atoms with van der Waals surface area (Å²) in [6.07, 6.45) is 0. The summed E-state index contributed by atoms with van der Waals surface area (Å²) in [5.41, 5.74) is 5.33. The molecule has 0 amide bonds. The Kier molecular flexibility index (Phi) is 1.68. The number of benzene rings is 1. The van der Waals surface area contributed by atoms with E-state index >= 15 is 0 Å². The molecule has 0 atom stereocenters. The van der Waals surface area contributed by atoms with Crippen molar-refractivity contribution >= 4 is 5.84 Å². The molecule has 1 rings (SSSR count). The maximum Gasteiger partial charge on any atom is 0.130 e. The smallest absolute Gasteiger partial charge is 0.130 e. The van der Waals surface area contributed by atoms with Crippen LogP contribution in [0.2, 0.25) is 0 Å². The van der Waals surface area contributed by atoms with E-state index in [-0.39, 0.29) is 22.9 Å². The number of hydrogen-bond acceptors (Lipinski definition) is 3. The number of rotatable bonds is 1. The number of amidine groups is 1. The second-order valence-electron chi connectivity index (χ2n) is 2.12. The fourth-order valence-electron chi connectivity index (χ4n) is 0.748. The van der Waals surface area contributed by atoms with Crippen molar-refractivity contribution in [2.24, 2.45) is 5.73 Å². The largest absolute Gasteiger partial charge is 0.508 e. The zero-order valence-corrected chi connectivity index (χ0v) is 5.70. The summed E-state index contributed by atoms with van der Waals surface area (Å²) in [6.45, 7) is 0. The van der Waals surface area contributed by atoms with Gasteiger partial charge in [-0.3, -0.25) is 5.41 Å². The van der Waals surface area contributed by atoms with Gasteiger partial charge in [-0.15, -0.1) is 0 Å². The molecule has 1 aromatic rings. The van der Waals surface area contributed by atoms with E-state index in [2.05, 4.69) is 0 Å². The standard InChI is InChI=1S/C7H8N2O2/c8-7(9)5-2-1-4(10)3-6(5)11/h1-3,10-11H,(H3,8,9). The summed E-state index contributed by atoms with van der Waals surface area (Å²) in [7, 11) is 0. The molecule has 0 aliphatic carbocycles. The lowest BCUT2D eigenvalue weighted by Crippen LogP contribution is -2.10. The van der Waals surface area contributed by atoms with Crippen molar-refractivity contribution in [2.45, 2.75) is 0 Å². The predicted octanol–water partition coefficient (Wildman–Crippen LogP) is 0.382. The van der Waals surface area contributed by atoms with E-state index in [0.29, 0.717) is 0 Å². The van der Waals surface area contributed by atoms with Crippen LogP contribution in [-0.4, -0.2) is 16.0 Å². The van der Waals surface area contributed by atoms with E-state index in [1.165, 1.54) is 12.1 Å². The lowest BCUT2D eigenvalue weighted by atomic mass is 10.2. The lowest BCUT2D eigenvalue weighted by Gasteiger charge is -2.01. The maximum absolute atomic E-state index is 9.08. The average molecular weight is 152 g/mol. The zero-order valence-electron chi connectivity index (χ0n) is 5.70. The Labute approximate surface area is 63.4 Å². The summed E-state index contributed by atoms with van der Waals surface area (Å²) in [6, 6.07) is 3.88. The molecule has 0 saturated heterocycles. The van der Waals surface area contributed by atoms with Crippen LogP contribution in [0.15, 0.2) is 18.2 Å². The molecule has 0 spiro atoms. The minimum absolute atomic E-state index is 0.0486. The third-order valence-corrected chi connectivity index (χ3v) is 1.27. The monoisotopic (exact) mass is 152 g/mol. The van der Waals surface area contributed by atoms with Gasteiger partial charge in [0.15, 0.2) is 0 Å². The number of hydrogen-bond donors (Lipinski definition) is 4. The van der Waals surface area contributed by atoms with Gasteiger partial charge in [-0.05, 0) is 12.1 Å². The molecule has 1 aromatic carbocycles. The molecule has 0 saturated carbocycles. The van der Waals surface area contributed by atoms with E-state index in [9.17, 15) is 0 Å². The van der Waals surface area contributed by atoms with E-state index in [4.69, 9.17) is 21.4 Å². The van der Waals surface area contributed by atoms with Crippen molar-refractivity contribution < 1.29 is 10.2 Å². The van der Waals surface area contributed by atoms with Crippen molar-refractivity contribution in [1.29, 1.82) is 5.41 Å². The maximum atomic E-state index is 9.08. The molecule has 0 radical (unpaired) electrons. The van der Waals surface area contributed by atoms with Gasteiger partial charge in [0.25, 0.3) is 0 Å². The van der Waals surface area contributed by atoms with Crippen molar-refractivity contribution in [2.75, 3.05) is 0 Å². The quantitative estimate of drug-likeness (QED) is 0.346. The molecule has 0 unspecified atom stereocenters. The Bertz CT molecular complexity index is 296. The van der Waals surface area contributed by atoms with Gasteiger partial charge >= 0.3 is 0 Å². The molecule has 58 valence electrons. The number of aromatic hydroxyl groups is 2. The summed E-state index contributed by atoms with van der Waals surface area (Å²) in [5.74, 6) is -0.451. The molecular weight excluding hydrogens is 144 g/mol. The molecule has 0 aliphatic heterocycles. The van der Waals surface area contributed by atoms with E-state index in [1.807, 2.05) is 0 Å². The summed E-state index contributed by atoms with van der Waals surface area (Å²) in [4.78, 5) is 0. The summed E-state index contributed by atoms with van der Waals surface area (Å²) < 4.78 is 0. The first-order valence-corrected chi connectivity index (χ1v) is 2.97. The number of nitrogen functional groups attached to an aromatic ring is 1. The van der Waals surface area contributed by atoms with E-state index < -0.39 is 0 Å².